The molecule has 1 heterocycles. The maximum Gasteiger partial charge on any atom is 0.269 e. The maximum absolute atomic E-state index is 12.0. The van der Waals surface area contributed by atoms with Crippen LogP contribution in [0.1, 0.15) is 12.5 Å². The molecule has 0 saturated carbocycles. The molecule has 10 nitrogen and oxygen atoms in total. The quantitative estimate of drug-likeness (QED) is 0.310. The summed E-state index contributed by atoms with van der Waals surface area (Å²) in [6, 6.07) is 4.43. The SMILES string of the molecule is CC(=O)C1(O)O[C@H](CO)[C@@H](O)[C@H](O)[C@]1(N)c1ccc([N+](=O)[O-])cc1. The predicted molar refractivity (Wildman–Crippen MR) is 78.6 cm³/mol. The van der Waals surface area contributed by atoms with Crippen LogP contribution < -0.4 is 5.73 Å². The van der Waals surface area contributed by atoms with Crippen LogP contribution in [0, 0.1) is 10.1 Å². The van der Waals surface area contributed by atoms with Crippen molar-refractivity contribution in [2.45, 2.75) is 36.6 Å². The van der Waals surface area contributed by atoms with Crippen LogP contribution in [0.3, 0.4) is 0 Å². The monoisotopic (exact) mass is 342 g/mol. The van der Waals surface area contributed by atoms with Gasteiger partial charge in [-0.2, -0.15) is 0 Å². The molecule has 0 radical (unpaired) electrons. The van der Waals surface area contributed by atoms with Crippen molar-refractivity contribution in [1.29, 1.82) is 0 Å². The number of carbonyl (C=O) groups excluding carboxylic acids is 1. The van der Waals surface area contributed by atoms with E-state index in [0.717, 1.165) is 31.2 Å². The lowest BCUT2D eigenvalue weighted by Crippen LogP contribution is -2.77. The molecule has 0 amide bonds. The first kappa shape index (κ1) is 18.4. The summed E-state index contributed by atoms with van der Waals surface area (Å²) in [5.74, 6) is -3.72. The maximum atomic E-state index is 12.0. The molecule has 10 heteroatoms. The molecule has 1 aliphatic heterocycles. The molecule has 132 valence electrons. The molecular weight excluding hydrogens is 324 g/mol. The van der Waals surface area contributed by atoms with Gasteiger partial charge in [0, 0.05) is 19.1 Å². The molecule has 5 atom stereocenters. The zero-order valence-electron chi connectivity index (χ0n) is 12.7. The fourth-order valence-corrected chi connectivity index (χ4v) is 2.80. The Hall–Kier alpha value is -1.95. The lowest BCUT2D eigenvalue weighted by molar-refractivity contribution is -0.384. The Morgan fingerprint density at radius 1 is 1.38 bits per heavy atom. The molecule has 0 aromatic heterocycles. The Labute approximate surface area is 136 Å². The topological polar surface area (TPSA) is 176 Å². The van der Waals surface area contributed by atoms with Gasteiger partial charge >= 0.3 is 0 Å². The van der Waals surface area contributed by atoms with Gasteiger partial charge in [0.05, 0.1) is 11.5 Å². The van der Waals surface area contributed by atoms with Crippen LogP contribution in [-0.2, 0) is 15.1 Å². The lowest BCUT2D eigenvalue weighted by Gasteiger charge is -2.52. The Morgan fingerprint density at radius 3 is 2.33 bits per heavy atom. The highest BCUT2D eigenvalue weighted by Crippen LogP contribution is 2.42. The van der Waals surface area contributed by atoms with Crippen LogP contribution in [0.2, 0.25) is 0 Å². The van der Waals surface area contributed by atoms with E-state index in [2.05, 4.69) is 0 Å². The first-order valence-electron chi connectivity index (χ1n) is 7.01. The van der Waals surface area contributed by atoms with Gasteiger partial charge in [0.25, 0.3) is 11.5 Å². The highest BCUT2D eigenvalue weighted by Gasteiger charge is 2.65. The van der Waals surface area contributed by atoms with Gasteiger partial charge in [0.15, 0.2) is 5.78 Å². The molecule has 2 rings (SSSR count). The Balaban J connectivity index is 2.60. The van der Waals surface area contributed by atoms with Crippen molar-refractivity contribution < 1.29 is 34.9 Å². The van der Waals surface area contributed by atoms with Gasteiger partial charge in [-0.25, -0.2) is 0 Å². The van der Waals surface area contributed by atoms with Crippen molar-refractivity contribution in [1.82, 2.24) is 0 Å². The number of ether oxygens (including phenoxy) is 1. The number of ketones is 1. The Morgan fingerprint density at radius 2 is 1.92 bits per heavy atom. The third-order valence-electron chi connectivity index (χ3n) is 4.27. The molecule has 6 N–H and O–H groups in total. The first-order chi connectivity index (χ1) is 11.1. The molecule has 24 heavy (non-hydrogen) atoms. The van der Waals surface area contributed by atoms with Crippen molar-refractivity contribution in [2.24, 2.45) is 5.73 Å². The summed E-state index contributed by atoms with van der Waals surface area (Å²) in [5.41, 5.74) is 3.44. The van der Waals surface area contributed by atoms with Crippen LogP contribution >= 0.6 is 0 Å². The third-order valence-corrected chi connectivity index (χ3v) is 4.27. The second-order valence-corrected chi connectivity index (χ2v) is 5.65. The summed E-state index contributed by atoms with van der Waals surface area (Å²) in [6.07, 6.45) is -5.03. The number of hydrogen-bond donors (Lipinski definition) is 5. The second kappa shape index (κ2) is 6.16. The van der Waals surface area contributed by atoms with Crippen LogP contribution in [0.5, 0.6) is 0 Å². The van der Waals surface area contributed by atoms with Gasteiger partial charge in [0.1, 0.15) is 23.9 Å². The highest BCUT2D eigenvalue weighted by molar-refractivity contribution is 5.85. The van der Waals surface area contributed by atoms with Gasteiger partial charge in [-0.1, -0.05) is 12.1 Å². The fourth-order valence-electron chi connectivity index (χ4n) is 2.80. The number of aliphatic hydroxyl groups excluding tert-OH is 3. The molecule has 1 aromatic carbocycles. The third kappa shape index (κ3) is 2.49. The van der Waals surface area contributed by atoms with Gasteiger partial charge in [0.2, 0.25) is 0 Å². The minimum atomic E-state index is -2.75. The van der Waals surface area contributed by atoms with E-state index in [9.17, 15) is 35.3 Å². The largest absolute Gasteiger partial charge is 0.394 e. The summed E-state index contributed by atoms with van der Waals surface area (Å²) >= 11 is 0. The second-order valence-electron chi connectivity index (χ2n) is 5.65. The van der Waals surface area contributed by atoms with E-state index in [1.165, 1.54) is 0 Å². The number of benzene rings is 1. The number of nitrogens with zero attached hydrogens (tertiary/aromatic N) is 1. The van der Waals surface area contributed by atoms with E-state index in [1.807, 2.05) is 0 Å². The van der Waals surface area contributed by atoms with E-state index in [-0.39, 0.29) is 11.3 Å². The molecule has 0 spiro atoms. The summed E-state index contributed by atoms with van der Waals surface area (Å²) < 4.78 is 5.10. The minimum absolute atomic E-state index is 0.0614. The zero-order valence-corrected chi connectivity index (χ0v) is 12.7. The van der Waals surface area contributed by atoms with Crippen LogP contribution in [-0.4, -0.2) is 61.8 Å². The van der Waals surface area contributed by atoms with Crippen LogP contribution in [0.4, 0.5) is 5.69 Å². The summed E-state index contributed by atoms with van der Waals surface area (Å²) in [4.78, 5) is 22.0. The van der Waals surface area contributed by atoms with E-state index in [0.29, 0.717) is 0 Å². The number of hydrogen-bond acceptors (Lipinski definition) is 9. The van der Waals surface area contributed by atoms with Crippen molar-refractivity contribution in [3.63, 3.8) is 0 Å². The fraction of sp³-hybridized carbons (Fsp3) is 0.500. The number of non-ortho nitro benzene ring substituents is 1. The van der Waals surface area contributed by atoms with Gasteiger partial charge in [-0.3, -0.25) is 14.9 Å². The number of aliphatic hydroxyl groups is 4. The molecule has 0 bridgehead atoms. The van der Waals surface area contributed by atoms with Crippen LogP contribution in [0.25, 0.3) is 0 Å². The molecule has 1 unspecified atom stereocenters. The molecule has 1 aromatic rings. The molecular formula is C14H18N2O8. The number of nitrogens with two attached hydrogens (primary N) is 1. The predicted octanol–water partition coefficient (Wildman–Crippen LogP) is -1.86. The summed E-state index contributed by atoms with van der Waals surface area (Å²) in [5, 5.41) is 51.1. The van der Waals surface area contributed by atoms with Crippen molar-refractivity contribution in [2.75, 3.05) is 6.61 Å². The smallest absolute Gasteiger partial charge is 0.269 e. The Bertz CT molecular complexity index is 651. The number of nitro benzene ring substituents is 1. The summed E-state index contributed by atoms with van der Waals surface area (Å²) in [7, 11) is 0. The lowest BCUT2D eigenvalue weighted by atomic mass is 9.71. The van der Waals surface area contributed by atoms with Crippen molar-refractivity contribution in [3.8, 4) is 0 Å². The van der Waals surface area contributed by atoms with E-state index in [1.54, 1.807) is 0 Å². The minimum Gasteiger partial charge on any atom is -0.394 e. The highest BCUT2D eigenvalue weighted by atomic mass is 16.7. The average molecular weight is 342 g/mol. The first-order valence-corrected chi connectivity index (χ1v) is 7.01. The summed E-state index contributed by atoms with van der Waals surface area (Å²) in [6.45, 7) is 0.190. The number of rotatable bonds is 4. The molecule has 1 saturated heterocycles. The van der Waals surface area contributed by atoms with Crippen molar-refractivity contribution >= 4 is 11.5 Å². The molecule has 1 aliphatic rings. The Kier molecular flexibility index (Phi) is 4.72. The van der Waals surface area contributed by atoms with Gasteiger partial charge in [-0.15, -0.1) is 0 Å². The van der Waals surface area contributed by atoms with Crippen molar-refractivity contribution in [3.05, 3.63) is 39.9 Å². The van der Waals surface area contributed by atoms with Gasteiger partial charge in [-0.05, 0) is 5.56 Å². The van der Waals surface area contributed by atoms with E-state index >= 15 is 0 Å². The van der Waals surface area contributed by atoms with Gasteiger partial charge < -0.3 is 30.9 Å². The van der Waals surface area contributed by atoms with Crippen LogP contribution in [0.15, 0.2) is 24.3 Å². The number of Topliss-reactive ketones (excluding diaryl/α,β-unsaturated/α-hetero) is 1. The average Bonchev–Trinajstić information content (AvgIpc) is 2.56. The normalized spacial score (nSPS) is 36.3. The van der Waals surface area contributed by atoms with E-state index in [4.69, 9.17) is 10.5 Å². The molecule has 1 fully saturated rings. The van der Waals surface area contributed by atoms with E-state index < -0.39 is 47.0 Å². The number of carbonyl (C=O) groups is 1. The number of nitro groups is 1. The standard InChI is InChI=1S/C14H18N2O8/c1-7(18)14(21)13(15,12(20)11(19)10(6-17)24-14)8-2-4-9(5-3-8)16(22)23/h2-5,10-12,17,19-21H,6,15H2,1H3/t10-,11-,12+,13-,14?/m1/s1. The zero-order chi connectivity index (χ0) is 18.3. The molecule has 0 aliphatic carbocycles.